The molecule has 0 radical (unpaired) electrons. The van der Waals surface area contributed by atoms with Crippen molar-refractivity contribution >= 4 is 0 Å². The maximum atomic E-state index is 6.23. The van der Waals surface area contributed by atoms with Crippen LogP contribution >= 0.6 is 0 Å². The van der Waals surface area contributed by atoms with Gasteiger partial charge in [-0.2, -0.15) is 0 Å². The van der Waals surface area contributed by atoms with Gasteiger partial charge in [0.05, 0.1) is 0 Å². The predicted octanol–water partition coefficient (Wildman–Crippen LogP) is 2.31. The minimum absolute atomic E-state index is 0.409. The molecule has 116 valence electrons. The van der Waals surface area contributed by atoms with E-state index in [-0.39, 0.29) is 0 Å². The zero-order chi connectivity index (χ0) is 14.2. The number of hydrogen-bond acceptors (Lipinski definition) is 3. The van der Waals surface area contributed by atoms with Gasteiger partial charge in [0, 0.05) is 31.7 Å². The third-order valence-electron chi connectivity index (χ3n) is 6.22. The summed E-state index contributed by atoms with van der Waals surface area (Å²) in [6, 6.07) is 1.55. The Morgan fingerprint density at radius 2 is 2.00 bits per heavy atom. The first-order valence-electron chi connectivity index (χ1n) is 8.80. The molecule has 4 unspecified atom stereocenters. The number of rotatable bonds is 3. The molecule has 0 bridgehead atoms. The van der Waals surface area contributed by atoms with E-state index in [0.717, 1.165) is 18.5 Å². The topological polar surface area (TPSA) is 32.5 Å². The molecule has 3 aliphatic rings. The van der Waals surface area contributed by atoms with Crippen molar-refractivity contribution in [1.29, 1.82) is 0 Å². The van der Waals surface area contributed by atoms with Crippen LogP contribution in [-0.4, -0.2) is 54.6 Å². The zero-order valence-corrected chi connectivity index (χ0v) is 13.5. The van der Waals surface area contributed by atoms with E-state index in [9.17, 15) is 0 Å². The highest BCUT2D eigenvalue weighted by Crippen LogP contribution is 2.40. The molecule has 0 amide bonds. The van der Waals surface area contributed by atoms with Gasteiger partial charge in [0.1, 0.15) is 0 Å². The maximum Gasteiger partial charge on any atom is 0.0224 e. The normalized spacial score (nSPS) is 43.6. The summed E-state index contributed by atoms with van der Waals surface area (Å²) in [6.07, 6.45) is 8.32. The van der Waals surface area contributed by atoms with Crippen molar-refractivity contribution in [3.8, 4) is 0 Å². The second kappa shape index (κ2) is 5.94. The summed E-state index contributed by atoms with van der Waals surface area (Å²) in [4.78, 5) is 5.50. The molecule has 0 aromatic carbocycles. The molecule has 0 aromatic heterocycles. The lowest BCUT2D eigenvalue weighted by molar-refractivity contribution is 0.00922. The van der Waals surface area contributed by atoms with Gasteiger partial charge in [-0.25, -0.2) is 0 Å². The first-order valence-corrected chi connectivity index (χ1v) is 8.80. The summed E-state index contributed by atoms with van der Waals surface area (Å²) in [5.41, 5.74) is 6.64. The quantitative estimate of drug-likeness (QED) is 0.860. The van der Waals surface area contributed by atoms with E-state index in [0.29, 0.717) is 11.5 Å². The number of piperazine rings is 1. The fraction of sp³-hybridized carbons (Fsp3) is 1.00. The molecule has 4 atom stereocenters. The first-order chi connectivity index (χ1) is 9.62. The molecular weight excluding hydrogens is 246 g/mol. The van der Waals surface area contributed by atoms with Gasteiger partial charge in [0.2, 0.25) is 0 Å². The lowest BCUT2D eigenvalue weighted by atomic mass is 9.69. The predicted molar refractivity (Wildman–Crippen MR) is 84.7 cm³/mol. The fourth-order valence-corrected chi connectivity index (χ4v) is 5.06. The zero-order valence-electron chi connectivity index (χ0n) is 13.5. The van der Waals surface area contributed by atoms with Crippen LogP contribution in [0.5, 0.6) is 0 Å². The van der Waals surface area contributed by atoms with Crippen LogP contribution in [0.2, 0.25) is 0 Å². The fourth-order valence-electron chi connectivity index (χ4n) is 5.06. The average Bonchev–Trinajstić information content (AvgIpc) is 2.86. The van der Waals surface area contributed by atoms with E-state index < -0.39 is 0 Å². The van der Waals surface area contributed by atoms with Crippen LogP contribution in [0.25, 0.3) is 0 Å². The second-order valence-electron chi connectivity index (χ2n) is 7.98. The van der Waals surface area contributed by atoms with E-state index in [1.807, 2.05) is 0 Å². The van der Waals surface area contributed by atoms with Crippen LogP contribution < -0.4 is 5.73 Å². The molecule has 0 spiro atoms. The Morgan fingerprint density at radius 3 is 2.75 bits per heavy atom. The smallest absolute Gasteiger partial charge is 0.0224 e. The Hall–Kier alpha value is -0.120. The van der Waals surface area contributed by atoms with Crippen molar-refractivity contribution in [2.45, 2.75) is 64.5 Å². The Labute approximate surface area is 124 Å². The van der Waals surface area contributed by atoms with Gasteiger partial charge in [-0.15, -0.1) is 0 Å². The Balaban J connectivity index is 1.65. The summed E-state index contributed by atoms with van der Waals surface area (Å²) in [7, 11) is 0. The van der Waals surface area contributed by atoms with Gasteiger partial charge in [0.25, 0.3) is 0 Å². The Morgan fingerprint density at radius 1 is 1.15 bits per heavy atom. The third kappa shape index (κ3) is 2.90. The van der Waals surface area contributed by atoms with Gasteiger partial charge in [-0.1, -0.05) is 19.8 Å². The maximum absolute atomic E-state index is 6.23. The van der Waals surface area contributed by atoms with E-state index in [1.54, 1.807) is 0 Å². The Kier molecular flexibility index (Phi) is 4.40. The van der Waals surface area contributed by atoms with Gasteiger partial charge in [0.15, 0.2) is 0 Å². The molecule has 3 rings (SSSR count). The SMILES string of the molecule is CC1CCCC(CN)(CN2CC3CCCN3CC2C)C1. The molecule has 1 aliphatic carbocycles. The highest BCUT2D eigenvalue weighted by Gasteiger charge is 2.40. The van der Waals surface area contributed by atoms with Crippen LogP contribution in [0.3, 0.4) is 0 Å². The van der Waals surface area contributed by atoms with Gasteiger partial charge < -0.3 is 5.73 Å². The average molecular weight is 279 g/mol. The van der Waals surface area contributed by atoms with Crippen molar-refractivity contribution in [3.05, 3.63) is 0 Å². The molecule has 0 aromatic rings. The van der Waals surface area contributed by atoms with E-state index in [2.05, 4.69) is 23.6 Å². The van der Waals surface area contributed by atoms with Crippen molar-refractivity contribution in [3.63, 3.8) is 0 Å². The van der Waals surface area contributed by atoms with Crippen molar-refractivity contribution < 1.29 is 0 Å². The molecule has 2 N–H and O–H groups in total. The summed E-state index contributed by atoms with van der Waals surface area (Å²) >= 11 is 0. The number of fused-ring (bicyclic) bond motifs is 1. The molecule has 3 heteroatoms. The lowest BCUT2D eigenvalue weighted by Gasteiger charge is -2.48. The van der Waals surface area contributed by atoms with Gasteiger partial charge in [-0.3, -0.25) is 9.80 Å². The molecular formula is C17H33N3. The highest BCUT2D eigenvalue weighted by atomic mass is 15.3. The molecule has 1 saturated carbocycles. The summed E-state index contributed by atoms with van der Waals surface area (Å²) in [5, 5.41) is 0. The standard InChI is InChI=1S/C17H33N3/c1-14-5-3-7-17(9-14,12-18)13-20-11-16-6-4-8-19(16)10-15(20)2/h14-16H,3-13,18H2,1-2H3. The van der Waals surface area contributed by atoms with Crippen LogP contribution in [0, 0.1) is 11.3 Å². The number of hydrogen-bond donors (Lipinski definition) is 1. The summed E-state index contributed by atoms with van der Waals surface area (Å²) in [6.45, 7) is 10.9. The monoisotopic (exact) mass is 279 g/mol. The molecule has 20 heavy (non-hydrogen) atoms. The van der Waals surface area contributed by atoms with Crippen LogP contribution in [-0.2, 0) is 0 Å². The van der Waals surface area contributed by atoms with E-state index in [4.69, 9.17) is 5.73 Å². The molecule has 2 heterocycles. The largest absolute Gasteiger partial charge is 0.330 e. The lowest BCUT2D eigenvalue weighted by Crippen LogP contribution is -2.58. The second-order valence-corrected chi connectivity index (χ2v) is 7.98. The summed E-state index contributed by atoms with van der Waals surface area (Å²) in [5.74, 6) is 0.871. The molecule has 3 fully saturated rings. The van der Waals surface area contributed by atoms with E-state index in [1.165, 1.54) is 64.7 Å². The van der Waals surface area contributed by atoms with E-state index >= 15 is 0 Å². The van der Waals surface area contributed by atoms with Crippen molar-refractivity contribution in [2.75, 3.05) is 32.7 Å². The minimum atomic E-state index is 0.409. The molecule has 2 aliphatic heterocycles. The van der Waals surface area contributed by atoms with Crippen LogP contribution in [0.15, 0.2) is 0 Å². The Bertz CT molecular complexity index is 332. The first kappa shape index (κ1) is 14.8. The highest BCUT2D eigenvalue weighted by molar-refractivity contribution is 4.95. The van der Waals surface area contributed by atoms with Crippen molar-refractivity contribution in [1.82, 2.24) is 9.80 Å². The number of nitrogens with zero attached hydrogens (tertiary/aromatic N) is 2. The van der Waals surface area contributed by atoms with Gasteiger partial charge in [-0.05, 0) is 57.0 Å². The number of nitrogens with two attached hydrogens (primary N) is 1. The van der Waals surface area contributed by atoms with Crippen LogP contribution in [0.1, 0.15) is 52.4 Å². The van der Waals surface area contributed by atoms with Crippen LogP contribution in [0.4, 0.5) is 0 Å². The van der Waals surface area contributed by atoms with Gasteiger partial charge >= 0.3 is 0 Å². The van der Waals surface area contributed by atoms with Crippen molar-refractivity contribution in [2.24, 2.45) is 17.1 Å². The summed E-state index contributed by atoms with van der Waals surface area (Å²) < 4.78 is 0. The molecule has 3 nitrogen and oxygen atoms in total. The molecule has 2 saturated heterocycles. The third-order valence-corrected chi connectivity index (χ3v) is 6.22. The minimum Gasteiger partial charge on any atom is -0.330 e.